The highest BCUT2D eigenvalue weighted by atomic mass is 19.4. The van der Waals surface area contributed by atoms with Crippen molar-refractivity contribution < 1.29 is 27.5 Å². The summed E-state index contributed by atoms with van der Waals surface area (Å²) in [4.78, 5) is 18.4. The first-order valence-corrected chi connectivity index (χ1v) is 12.4. The van der Waals surface area contributed by atoms with E-state index in [-0.39, 0.29) is 5.82 Å². The van der Waals surface area contributed by atoms with E-state index in [2.05, 4.69) is 5.10 Å². The SMILES string of the molecule is CCc1ccc(F)c(C(c2cc3cc(N)ccc3c(N)n2)c2nc(-c3ccccc3)nn2C)c1.O=C(O)C(F)(F)F. The molecule has 1 unspecified atom stereocenters. The Morgan fingerprint density at radius 2 is 1.68 bits per heavy atom. The molecule has 2 aromatic heterocycles. The van der Waals surface area contributed by atoms with Gasteiger partial charge in [0.05, 0.1) is 11.6 Å². The maximum atomic E-state index is 15.3. The molecule has 2 heterocycles. The van der Waals surface area contributed by atoms with Gasteiger partial charge in [-0.3, -0.25) is 4.68 Å². The van der Waals surface area contributed by atoms with Crippen LogP contribution >= 0.6 is 0 Å². The van der Waals surface area contributed by atoms with Crippen molar-refractivity contribution in [2.45, 2.75) is 25.4 Å². The molecular weight excluding hydrogens is 540 g/mol. The highest BCUT2D eigenvalue weighted by molar-refractivity contribution is 5.93. The fourth-order valence-corrected chi connectivity index (χ4v) is 4.30. The number of aliphatic carboxylic acids is 1. The maximum Gasteiger partial charge on any atom is 0.490 e. The van der Waals surface area contributed by atoms with Gasteiger partial charge in [-0.15, -0.1) is 0 Å². The van der Waals surface area contributed by atoms with Gasteiger partial charge >= 0.3 is 12.1 Å². The first kappa shape index (κ1) is 29.0. The highest BCUT2D eigenvalue weighted by Crippen LogP contribution is 2.36. The average molecular weight is 567 g/mol. The van der Waals surface area contributed by atoms with Crippen molar-refractivity contribution in [2.24, 2.45) is 7.05 Å². The smallest absolute Gasteiger partial charge is 0.475 e. The molecule has 41 heavy (non-hydrogen) atoms. The third kappa shape index (κ3) is 6.43. The van der Waals surface area contributed by atoms with Crippen LogP contribution in [0.4, 0.5) is 29.1 Å². The lowest BCUT2D eigenvalue weighted by atomic mass is 9.91. The van der Waals surface area contributed by atoms with Crippen LogP contribution in [0.1, 0.15) is 35.5 Å². The molecule has 212 valence electrons. The molecule has 0 saturated heterocycles. The number of carboxylic acids is 1. The molecule has 1 atom stereocenters. The Balaban J connectivity index is 0.000000493. The molecule has 5 N–H and O–H groups in total. The molecule has 0 bridgehead atoms. The van der Waals surface area contributed by atoms with Gasteiger partial charge < -0.3 is 16.6 Å². The number of halogens is 4. The number of pyridine rings is 1. The third-order valence-corrected chi connectivity index (χ3v) is 6.31. The van der Waals surface area contributed by atoms with Crippen LogP contribution in [-0.2, 0) is 18.3 Å². The van der Waals surface area contributed by atoms with Crippen LogP contribution in [0, 0.1) is 5.82 Å². The lowest BCUT2D eigenvalue weighted by Gasteiger charge is -2.19. The van der Waals surface area contributed by atoms with Crippen LogP contribution in [0.15, 0.2) is 72.8 Å². The Bertz CT molecular complexity index is 1700. The zero-order valence-corrected chi connectivity index (χ0v) is 22.0. The van der Waals surface area contributed by atoms with Crippen molar-refractivity contribution >= 4 is 28.2 Å². The van der Waals surface area contributed by atoms with Gasteiger partial charge in [-0.05, 0) is 47.7 Å². The number of fused-ring (bicyclic) bond motifs is 1. The van der Waals surface area contributed by atoms with E-state index in [1.54, 1.807) is 16.8 Å². The second kappa shape index (κ2) is 11.6. The Labute approximate surface area is 232 Å². The predicted molar refractivity (Wildman–Crippen MR) is 147 cm³/mol. The number of aryl methyl sites for hydroxylation is 2. The lowest BCUT2D eigenvalue weighted by Crippen LogP contribution is -2.21. The fourth-order valence-electron chi connectivity index (χ4n) is 4.30. The molecule has 12 heteroatoms. The van der Waals surface area contributed by atoms with E-state index in [0.717, 1.165) is 28.3 Å². The molecule has 0 saturated carbocycles. The summed E-state index contributed by atoms with van der Waals surface area (Å²) < 4.78 is 48.8. The molecule has 0 spiro atoms. The molecular formula is C29H26F4N6O2. The second-order valence-corrected chi connectivity index (χ2v) is 9.14. The van der Waals surface area contributed by atoms with Crippen LogP contribution in [0.3, 0.4) is 0 Å². The van der Waals surface area contributed by atoms with Crippen LogP contribution < -0.4 is 11.5 Å². The number of carboxylic acid groups (broad SMARTS) is 1. The van der Waals surface area contributed by atoms with Crippen LogP contribution in [0.5, 0.6) is 0 Å². The zero-order chi connectivity index (χ0) is 29.9. The molecule has 0 amide bonds. The van der Waals surface area contributed by atoms with E-state index in [1.165, 1.54) is 6.07 Å². The van der Waals surface area contributed by atoms with Gasteiger partial charge in [0.1, 0.15) is 17.5 Å². The normalized spacial score (nSPS) is 12.0. The summed E-state index contributed by atoms with van der Waals surface area (Å²) in [6.07, 6.45) is -4.31. The van der Waals surface area contributed by atoms with E-state index in [4.69, 9.17) is 31.3 Å². The lowest BCUT2D eigenvalue weighted by molar-refractivity contribution is -0.192. The number of alkyl halides is 3. The summed E-state index contributed by atoms with van der Waals surface area (Å²) in [6.45, 7) is 2.04. The van der Waals surface area contributed by atoms with Crippen LogP contribution in [-0.4, -0.2) is 37.0 Å². The van der Waals surface area contributed by atoms with E-state index in [0.29, 0.717) is 34.4 Å². The number of rotatable bonds is 5. The van der Waals surface area contributed by atoms with E-state index in [9.17, 15) is 13.2 Å². The first-order chi connectivity index (χ1) is 19.4. The summed E-state index contributed by atoms with van der Waals surface area (Å²) >= 11 is 0. The van der Waals surface area contributed by atoms with E-state index in [1.807, 2.05) is 68.6 Å². The predicted octanol–water partition coefficient (Wildman–Crippen LogP) is 5.71. The summed E-state index contributed by atoms with van der Waals surface area (Å²) in [5.41, 5.74) is 15.9. The molecule has 5 aromatic rings. The molecule has 3 aromatic carbocycles. The second-order valence-electron chi connectivity index (χ2n) is 9.14. The topological polar surface area (TPSA) is 133 Å². The Kier molecular flexibility index (Phi) is 8.22. The van der Waals surface area contributed by atoms with Crippen molar-refractivity contribution in [1.29, 1.82) is 0 Å². The summed E-state index contributed by atoms with van der Waals surface area (Å²) in [6, 6.07) is 22.3. The summed E-state index contributed by atoms with van der Waals surface area (Å²) in [5, 5.41) is 13.4. The molecule has 5 rings (SSSR count). The van der Waals surface area contributed by atoms with Crippen molar-refractivity contribution in [2.75, 3.05) is 11.5 Å². The van der Waals surface area contributed by atoms with Gasteiger partial charge in [-0.2, -0.15) is 18.3 Å². The molecule has 0 fully saturated rings. The summed E-state index contributed by atoms with van der Waals surface area (Å²) in [5.74, 6) is -2.22. The number of hydrogen-bond donors (Lipinski definition) is 3. The van der Waals surface area contributed by atoms with Crippen molar-refractivity contribution in [3.63, 3.8) is 0 Å². The Morgan fingerprint density at radius 3 is 2.32 bits per heavy atom. The number of carbonyl (C=O) groups is 1. The van der Waals surface area contributed by atoms with Gasteiger partial charge in [0.25, 0.3) is 0 Å². The molecule has 8 nitrogen and oxygen atoms in total. The van der Waals surface area contributed by atoms with Gasteiger partial charge in [0, 0.05) is 29.2 Å². The fraction of sp³-hybridized carbons (Fsp3) is 0.172. The number of aromatic nitrogens is 4. The van der Waals surface area contributed by atoms with Gasteiger partial charge in [-0.1, -0.05) is 49.4 Å². The highest BCUT2D eigenvalue weighted by Gasteiger charge is 2.38. The minimum absolute atomic E-state index is 0.334. The van der Waals surface area contributed by atoms with Gasteiger partial charge in [-0.25, -0.2) is 19.2 Å². The number of benzene rings is 3. The van der Waals surface area contributed by atoms with Crippen molar-refractivity contribution in [3.8, 4) is 11.4 Å². The molecule has 0 radical (unpaired) electrons. The van der Waals surface area contributed by atoms with Crippen LogP contribution in [0.2, 0.25) is 0 Å². The summed E-state index contributed by atoms with van der Waals surface area (Å²) in [7, 11) is 1.81. The van der Waals surface area contributed by atoms with Gasteiger partial charge in [0.2, 0.25) is 0 Å². The minimum atomic E-state index is -5.08. The van der Waals surface area contributed by atoms with E-state index < -0.39 is 18.1 Å². The first-order valence-electron chi connectivity index (χ1n) is 12.4. The zero-order valence-electron chi connectivity index (χ0n) is 22.0. The van der Waals surface area contributed by atoms with E-state index >= 15 is 4.39 Å². The number of hydrogen-bond acceptors (Lipinski definition) is 6. The molecule has 0 aliphatic carbocycles. The van der Waals surface area contributed by atoms with Gasteiger partial charge in [0.15, 0.2) is 5.82 Å². The van der Waals surface area contributed by atoms with Crippen molar-refractivity contribution in [3.05, 3.63) is 101 Å². The quantitative estimate of drug-likeness (QED) is 0.183. The average Bonchev–Trinajstić information content (AvgIpc) is 3.31. The number of nitrogen functional groups attached to an aromatic ring is 2. The third-order valence-electron chi connectivity index (χ3n) is 6.31. The Morgan fingerprint density at radius 1 is 1.00 bits per heavy atom. The number of anilines is 2. The standard InChI is InChI=1S/C27H25FN6.C2HF3O2/c1-3-16-9-12-22(28)21(13-16)24(23-15-18-14-19(29)10-11-20(18)25(30)31-23)27-32-26(33-34(27)2)17-7-5-4-6-8-17;3-2(4,5)1(6)7/h4-15,24H,3,29H2,1-2H3,(H2,30,31);(H,6,7). The Hall–Kier alpha value is -5.00. The molecule has 0 aliphatic heterocycles. The number of nitrogens with two attached hydrogens (primary N) is 2. The van der Waals surface area contributed by atoms with Crippen molar-refractivity contribution in [1.82, 2.24) is 19.7 Å². The largest absolute Gasteiger partial charge is 0.490 e. The van der Waals surface area contributed by atoms with Crippen LogP contribution in [0.25, 0.3) is 22.2 Å². The monoisotopic (exact) mass is 566 g/mol. The molecule has 0 aliphatic rings. The number of nitrogens with zero attached hydrogens (tertiary/aromatic N) is 4. The minimum Gasteiger partial charge on any atom is -0.475 e. The maximum absolute atomic E-state index is 15.3.